The van der Waals surface area contributed by atoms with Crippen LogP contribution in [0, 0.1) is 0 Å². The molecule has 1 saturated heterocycles. The van der Waals surface area contributed by atoms with Crippen LogP contribution in [0.25, 0.3) is 6.08 Å². The number of ether oxygens (including phenoxy) is 3. The van der Waals surface area contributed by atoms with E-state index in [2.05, 4.69) is 5.32 Å². The van der Waals surface area contributed by atoms with E-state index >= 15 is 0 Å². The highest BCUT2D eigenvalue weighted by Gasteiger charge is 2.33. The van der Waals surface area contributed by atoms with Gasteiger partial charge in [0.2, 0.25) is 6.79 Å². The third-order valence-electron chi connectivity index (χ3n) is 3.51. The summed E-state index contributed by atoms with van der Waals surface area (Å²) in [5.41, 5.74) is 0.876. The van der Waals surface area contributed by atoms with Crippen LogP contribution in [0.4, 0.5) is 4.79 Å². The molecule has 3 rings (SSSR count). The van der Waals surface area contributed by atoms with Gasteiger partial charge in [0.15, 0.2) is 11.5 Å². The zero-order chi connectivity index (χ0) is 16.4. The van der Waals surface area contributed by atoms with Crippen molar-refractivity contribution < 1.29 is 23.8 Å². The number of amides is 3. The van der Waals surface area contributed by atoms with Crippen LogP contribution >= 0.6 is 0 Å². The van der Waals surface area contributed by atoms with Gasteiger partial charge in [0, 0.05) is 18.2 Å². The number of urea groups is 1. The number of benzene rings is 1. The largest absolute Gasteiger partial charge is 0.493 e. The fraction of sp³-hybridized carbons (Fsp3) is 0.375. The quantitative estimate of drug-likeness (QED) is 0.664. The van der Waals surface area contributed by atoms with Gasteiger partial charge < -0.3 is 19.5 Å². The van der Waals surface area contributed by atoms with Crippen LogP contribution in [0.5, 0.6) is 17.2 Å². The zero-order valence-electron chi connectivity index (χ0n) is 13.0. The van der Waals surface area contributed by atoms with Gasteiger partial charge >= 0.3 is 6.03 Å². The van der Waals surface area contributed by atoms with Gasteiger partial charge in [0.25, 0.3) is 5.91 Å². The van der Waals surface area contributed by atoms with Gasteiger partial charge in [-0.05, 0) is 25.5 Å². The minimum atomic E-state index is -0.401. The number of hydrogen-bond donors (Lipinski definition) is 1. The Bertz CT molecular complexity index is 683. The second-order valence-corrected chi connectivity index (χ2v) is 5.12. The van der Waals surface area contributed by atoms with E-state index < -0.39 is 6.03 Å². The van der Waals surface area contributed by atoms with Gasteiger partial charge in [-0.2, -0.15) is 0 Å². The molecule has 122 valence electrons. The lowest BCUT2D eigenvalue weighted by molar-refractivity contribution is -0.122. The topological polar surface area (TPSA) is 77.1 Å². The fourth-order valence-corrected chi connectivity index (χ4v) is 2.49. The number of nitrogens with one attached hydrogen (secondary N) is 1. The van der Waals surface area contributed by atoms with Gasteiger partial charge in [-0.3, -0.25) is 9.69 Å². The van der Waals surface area contributed by atoms with Crippen LogP contribution in [-0.2, 0) is 4.79 Å². The normalized spacial score (nSPS) is 17.8. The smallest absolute Gasteiger partial charge is 0.329 e. The summed E-state index contributed by atoms with van der Waals surface area (Å²) < 4.78 is 16.3. The number of fused-ring (bicyclic) bond motifs is 1. The second-order valence-electron chi connectivity index (χ2n) is 5.12. The van der Waals surface area contributed by atoms with E-state index in [1.54, 1.807) is 18.2 Å². The molecule has 1 aromatic carbocycles. The van der Waals surface area contributed by atoms with Gasteiger partial charge in [-0.1, -0.05) is 6.92 Å². The van der Waals surface area contributed by atoms with Crippen molar-refractivity contribution >= 4 is 18.0 Å². The van der Waals surface area contributed by atoms with Crippen LogP contribution < -0.4 is 19.5 Å². The van der Waals surface area contributed by atoms with E-state index in [1.165, 1.54) is 4.90 Å². The van der Waals surface area contributed by atoms with E-state index in [4.69, 9.17) is 14.2 Å². The van der Waals surface area contributed by atoms with Crippen molar-refractivity contribution in [2.24, 2.45) is 0 Å². The first kappa shape index (κ1) is 15.2. The lowest BCUT2D eigenvalue weighted by Gasteiger charge is -2.10. The molecule has 2 aliphatic heterocycles. The molecule has 2 aliphatic rings. The van der Waals surface area contributed by atoms with Crippen LogP contribution in [0.15, 0.2) is 17.8 Å². The van der Waals surface area contributed by atoms with Gasteiger partial charge in [-0.25, -0.2) is 4.79 Å². The number of carbonyl (C=O) groups excluding carboxylic acids is 2. The number of hydrogen-bond acceptors (Lipinski definition) is 5. The standard InChI is InChI=1S/C16H18N2O5/c1-3-5-18-15(19)11(17-16(18)20)6-10-7-13-14(23-9-22-13)8-12(10)21-4-2/h6-8H,3-5,9H2,1-2H3,(H,17,20). The van der Waals surface area contributed by atoms with Gasteiger partial charge in [-0.15, -0.1) is 0 Å². The molecule has 7 heteroatoms. The Kier molecular flexibility index (Phi) is 4.10. The molecule has 0 spiro atoms. The Morgan fingerprint density at radius 3 is 2.70 bits per heavy atom. The van der Waals surface area contributed by atoms with Gasteiger partial charge in [0.1, 0.15) is 11.4 Å². The third-order valence-corrected chi connectivity index (χ3v) is 3.51. The summed E-state index contributed by atoms with van der Waals surface area (Å²) in [6.45, 7) is 4.79. The van der Waals surface area contributed by atoms with Crippen LogP contribution in [0.3, 0.4) is 0 Å². The summed E-state index contributed by atoms with van der Waals surface area (Å²) in [4.78, 5) is 25.3. The molecule has 0 unspecified atom stereocenters. The highest BCUT2D eigenvalue weighted by Crippen LogP contribution is 2.39. The van der Waals surface area contributed by atoms with Crippen LogP contribution in [0.1, 0.15) is 25.8 Å². The number of nitrogens with zero attached hydrogens (tertiary/aromatic N) is 1. The first-order valence-corrected chi connectivity index (χ1v) is 7.55. The van der Waals surface area contributed by atoms with Crippen LogP contribution in [-0.4, -0.2) is 36.8 Å². The maximum Gasteiger partial charge on any atom is 0.329 e. The molecule has 0 radical (unpaired) electrons. The second kappa shape index (κ2) is 6.20. The predicted molar refractivity (Wildman–Crippen MR) is 82.2 cm³/mol. The first-order valence-electron chi connectivity index (χ1n) is 7.55. The summed E-state index contributed by atoms with van der Waals surface area (Å²) in [5.74, 6) is 1.42. The van der Waals surface area contributed by atoms with Crippen molar-refractivity contribution in [3.8, 4) is 17.2 Å². The molecular weight excluding hydrogens is 300 g/mol. The first-order chi connectivity index (χ1) is 11.1. The molecule has 23 heavy (non-hydrogen) atoms. The number of imide groups is 1. The van der Waals surface area contributed by atoms with E-state index in [9.17, 15) is 9.59 Å². The number of carbonyl (C=O) groups is 2. The van der Waals surface area contributed by atoms with E-state index in [1.807, 2.05) is 13.8 Å². The lowest BCUT2D eigenvalue weighted by Crippen LogP contribution is -2.31. The van der Waals surface area contributed by atoms with Crippen molar-refractivity contribution in [2.45, 2.75) is 20.3 Å². The molecule has 1 fully saturated rings. The molecule has 1 aromatic rings. The van der Waals surface area contributed by atoms with Crippen molar-refractivity contribution in [1.82, 2.24) is 10.2 Å². The zero-order valence-corrected chi connectivity index (χ0v) is 13.0. The van der Waals surface area contributed by atoms with E-state index in [-0.39, 0.29) is 18.4 Å². The highest BCUT2D eigenvalue weighted by molar-refractivity contribution is 6.14. The molecular formula is C16H18N2O5. The molecule has 0 bridgehead atoms. The predicted octanol–water partition coefficient (Wildman–Crippen LogP) is 2.12. The Hall–Kier alpha value is -2.70. The molecule has 7 nitrogen and oxygen atoms in total. The molecule has 0 saturated carbocycles. The molecule has 1 N–H and O–H groups in total. The van der Waals surface area contributed by atoms with Crippen molar-refractivity contribution in [3.63, 3.8) is 0 Å². The molecule has 2 heterocycles. The summed E-state index contributed by atoms with van der Waals surface area (Å²) in [6.07, 6.45) is 2.31. The van der Waals surface area contributed by atoms with Crippen molar-refractivity contribution in [3.05, 3.63) is 23.4 Å². The Balaban J connectivity index is 1.95. The third kappa shape index (κ3) is 2.81. The fourth-order valence-electron chi connectivity index (χ4n) is 2.49. The summed E-state index contributed by atoms with van der Waals surface area (Å²) in [5, 5.41) is 2.60. The average Bonchev–Trinajstić information content (AvgIpc) is 3.08. The van der Waals surface area contributed by atoms with Crippen LogP contribution in [0.2, 0.25) is 0 Å². The maximum absolute atomic E-state index is 12.3. The molecule has 0 atom stereocenters. The average molecular weight is 318 g/mol. The monoisotopic (exact) mass is 318 g/mol. The molecule has 3 amide bonds. The maximum atomic E-state index is 12.3. The summed E-state index contributed by atoms with van der Waals surface area (Å²) in [7, 11) is 0. The minimum absolute atomic E-state index is 0.154. The van der Waals surface area contributed by atoms with Crippen molar-refractivity contribution in [1.29, 1.82) is 0 Å². The Morgan fingerprint density at radius 2 is 2.00 bits per heavy atom. The lowest BCUT2D eigenvalue weighted by atomic mass is 10.1. The molecule has 0 aliphatic carbocycles. The van der Waals surface area contributed by atoms with E-state index in [0.717, 1.165) is 0 Å². The van der Waals surface area contributed by atoms with Crippen molar-refractivity contribution in [2.75, 3.05) is 19.9 Å². The number of rotatable bonds is 5. The molecule has 0 aromatic heterocycles. The van der Waals surface area contributed by atoms with E-state index in [0.29, 0.717) is 42.4 Å². The van der Waals surface area contributed by atoms with Gasteiger partial charge in [0.05, 0.1) is 6.61 Å². The highest BCUT2D eigenvalue weighted by atomic mass is 16.7. The summed E-state index contributed by atoms with van der Waals surface area (Å²) >= 11 is 0. The summed E-state index contributed by atoms with van der Waals surface area (Å²) in [6, 6.07) is 3.06. The Morgan fingerprint density at radius 1 is 1.26 bits per heavy atom. The Labute approximate surface area is 133 Å². The minimum Gasteiger partial charge on any atom is -0.493 e. The SMILES string of the molecule is CCCN1C(=O)NC(=Cc2cc3c(cc2OCC)OCO3)C1=O.